The highest BCUT2D eigenvalue weighted by molar-refractivity contribution is 6.11. The summed E-state index contributed by atoms with van der Waals surface area (Å²) in [5.74, 6) is -1.41. The van der Waals surface area contributed by atoms with Gasteiger partial charge in [-0.2, -0.15) is 5.10 Å². The quantitative estimate of drug-likeness (QED) is 0.127. The Morgan fingerprint density at radius 1 is 0.820 bits per heavy atom. The van der Waals surface area contributed by atoms with Gasteiger partial charge < -0.3 is 20.3 Å². The zero-order valence-electron chi connectivity index (χ0n) is 34.0. The van der Waals surface area contributed by atoms with E-state index in [1.165, 1.54) is 12.1 Å². The number of H-pyrrole nitrogens is 1. The number of ether oxygens (including phenoxy) is 1. The van der Waals surface area contributed by atoms with E-state index in [0.717, 1.165) is 106 Å². The standard InChI is InChI=1S/C45H50F2N10O4/c46-31-22-30(23-32(47)25-31)21-29-1-6-40-39(24-29)43(53-52-40)51-44(59)38-5-4-36(26-41(38)49-33-10-19-61-20-11-33)56-17-15-55(16-18-56)35-7-12-54(13-8-35)28-34-2-3-37(27-48-34)57-14-9-42(58)50-45(57)60/h1-6,22-27,33,35,49H,7-21,28H2,(H,50,58,60)(H2,51,52,53,59). The molecule has 0 bridgehead atoms. The molecule has 318 valence electrons. The summed E-state index contributed by atoms with van der Waals surface area (Å²) in [6.45, 7) is 8.09. The molecule has 4 fully saturated rings. The van der Waals surface area contributed by atoms with Crippen LogP contribution in [0.5, 0.6) is 0 Å². The Morgan fingerprint density at radius 3 is 2.33 bits per heavy atom. The van der Waals surface area contributed by atoms with Crippen LogP contribution >= 0.6 is 0 Å². The number of aromatic amines is 1. The number of nitrogens with zero attached hydrogens (tertiary/aromatic N) is 6. The molecule has 9 rings (SSSR count). The number of piperazine rings is 1. The summed E-state index contributed by atoms with van der Waals surface area (Å²) < 4.78 is 33.4. The molecule has 0 aliphatic carbocycles. The molecule has 61 heavy (non-hydrogen) atoms. The topological polar surface area (TPSA) is 151 Å². The molecule has 4 aliphatic heterocycles. The van der Waals surface area contributed by atoms with Gasteiger partial charge in [0.1, 0.15) is 11.6 Å². The van der Waals surface area contributed by atoms with E-state index in [1.807, 2.05) is 42.5 Å². The van der Waals surface area contributed by atoms with Crippen molar-refractivity contribution in [3.63, 3.8) is 0 Å². The van der Waals surface area contributed by atoms with Gasteiger partial charge in [0.15, 0.2) is 5.82 Å². The lowest BCUT2D eigenvalue weighted by molar-refractivity contribution is -0.120. The number of nitrogens with one attached hydrogen (secondary N) is 4. The van der Waals surface area contributed by atoms with Crippen LogP contribution in [-0.2, 0) is 22.5 Å². The molecule has 0 spiro atoms. The first-order chi connectivity index (χ1) is 29.7. The van der Waals surface area contributed by atoms with Gasteiger partial charge in [0.2, 0.25) is 5.91 Å². The third-order valence-electron chi connectivity index (χ3n) is 12.3. The summed E-state index contributed by atoms with van der Waals surface area (Å²) in [6, 6.07) is 19.3. The molecule has 6 heterocycles. The third kappa shape index (κ3) is 9.51. The predicted octanol–water partition coefficient (Wildman–Crippen LogP) is 5.90. The lowest BCUT2D eigenvalue weighted by atomic mass is 10.0. The molecule has 2 aromatic heterocycles. The van der Waals surface area contributed by atoms with Gasteiger partial charge in [-0.25, -0.2) is 13.6 Å². The number of carbonyl (C=O) groups is 3. The maximum atomic E-state index is 14.0. The number of piperidine rings is 1. The molecule has 0 saturated carbocycles. The van der Waals surface area contributed by atoms with Gasteiger partial charge >= 0.3 is 6.03 Å². The van der Waals surface area contributed by atoms with Crippen molar-refractivity contribution in [3.05, 3.63) is 107 Å². The van der Waals surface area contributed by atoms with Crippen LogP contribution in [-0.4, -0.2) is 114 Å². The second-order valence-corrected chi connectivity index (χ2v) is 16.4. The first-order valence-electron chi connectivity index (χ1n) is 21.2. The number of carbonyl (C=O) groups excluding carboxylic acids is 3. The van der Waals surface area contributed by atoms with Crippen molar-refractivity contribution in [3.8, 4) is 0 Å². The number of hydrogen-bond donors (Lipinski definition) is 4. The minimum atomic E-state index is -0.623. The van der Waals surface area contributed by atoms with Crippen molar-refractivity contribution in [2.45, 2.75) is 57.2 Å². The van der Waals surface area contributed by atoms with Crippen molar-refractivity contribution in [2.75, 3.05) is 79.5 Å². The van der Waals surface area contributed by atoms with Crippen molar-refractivity contribution in [2.24, 2.45) is 0 Å². The van der Waals surface area contributed by atoms with Crippen molar-refractivity contribution < 1.29 is 27.9 Å². The minimum absolute atomic E-state index is 0.172. The number of pyridine rings is 1. The summed E-state index contributed by atoms with van der Waals surface area (Å²) >= 11 is 0. The van der Waals surface area contributed by atoms with E-state index in [0.29, 0.717) is 60.2 Å². The monoisotopic (exact) mass is 832 g/mol. The Labute approximate surface area is 352 Å². The number of anilines is 4. The number of amides is 4. The molecule has 0 radical (unpaired) electrons. The molecule has 3 aromatic carbocycles. The van der Waals surface area contributed by atoms with E-state index < -0.39 is 17.7 Å². The predicted molar refractivity (Wildman–Crippen MR) is 229 cm³/mol. The maximum absolute atomic E-state index is 14.0. The summed E-state index contributed by atoms with van der Waals surface area (Å²) in [7, 11) is 0. The highest BCUT2D eigenvalue weighted by atomic mass is 19.1. The van der Waals surface area contributed by atoms with E-state index in [2.05, 4.69) is 51.9 Å². The average Bonchev–Trinajstić information content (AvgIpc) is 3.65. The smallest absolute Gasteiger partial charge is 0.328 e. The lowest BCUT2D eigenvalue weighted by Crippen LogP contribution is -2.53. The number of fused-ring (bicyclic) bond motifs is 1. The van der Waals surface area contributed by atoms with E-state index in [9.17, 15) is 23.2 Å². The largest absolute Gasteiger partial charge is 0.381 e. The second-order valence-electron chi connectivity index (χ2n) is 16.4. The Morgan fingerprint density at radius 2 is 1.59 bits per heavy atom. The van der Waals surface area contributed by atoms with Gasteiger partial charge in [-0.05, 0) is 97.8 Å². The molecule has 0 unspecified atom stereocenters. The molecule has 16 heteroatoms. The minimum Gasteiger partial charge on any atom is -0.381 e. The van der Waals surface area contributed by atoms with Crippen LogP contribution in [0.15, 0.2) is 72.9 Å². The lowest BCUT2D eigenvalue weighted by Gasteiger charge is -2.43. The molecule has 4 saturated heterocycles. The highest BCUT2D eigenvalue weighted by Crippen LogP contribution is 2.31. The summed E-state index contributed by atoms with van der Waals surface area (Å²) in [6.07, 6.45) is 6.18. The Balaban J connectivity index is 0.815. The number of aromatic nitrogens is 3. The van der Waals surface area contributed by atoms with Crippen molar-refractivity contribution >= 4 is 51.6 Å². The molecular weight excluding hydrogens is 783 g/mol. The number of hydrogen-bond acceptors (Lipinski definition) is 10. The van der Waals surface area contributed by atoms with Gasteiger partial charge in [0.25, 0.3) is 5.91 Å². The fourth-order valence-electron chi connectivity index (χ4n) is 9.00. The molecule has 4 N–H and O–H groups in total. The molecule has 4 amide bonds. The van der Waals surface area contributed by atoms with E-state index in [4.69, 9.17) is 4.74 Å². The Hall–Kier alpha value is -5.97. The Bertz CT molecular complexity index is 2370. The number of likely N-dealkylation sites (tertiary alicyclic amines) is 1. The van der Waals surface area contributed by atoms with Gasteiger partial charge in [0, 0.05) is 107 Å². The van der Waals surface area contributed by atoms with Gasteiger partial charge in [0.05, 0.1) is 28.7 Å². The fraction of sp³-hybridized carbons (Fsp3) is 0.400. The molecular formula is C45H50F2N10O4. The normalized spacial score (nSPS) is 18.7. The van der Waals surface area contributed by atoms with Crippen LogP contribution in [0.4, 0.5) is 36.5 Å². The van der Waals surface area contributed by atoms with Crippen molar-refractivity contribution in [1.29, 1.82) is 0 Å². The van der Waals surface area contributed by atoms with Gasteiger partial charge in [-0.15, -0.1) is 0 Å². The Kier molecular flexibility index (Phi) is 11.9. The fourth-order valence-corrected chi connectivity index (χ4v) is 9.00. The molecule has 0 atom stereocenters. The van der Waals surface area contributed by atoms with Crippen LogP contribution in [0.25, 0.3) is 10.9 Å². The summed E-state index contributed by atoms with van der Waals surface area (Å²) in [5, 5.41) is 17.2. The maximum Gasteiger partial charge on any atom is 0.328 e. The van der Waals surface area contributed by atoms with E-state index in [1.54, 1.807) is 11.1 Å². The first kappa shape index (κ1) is 40.4. The summed E-state index contributed by atoms with van der Waals surface area (Å²) in [4.78, 5) is 51.4. The van der Waals surface area contributed by atoms with Crippen LogP contribution in [0.2, 0.25) is 0 Å². The number of urea groups is 1. The second kappa shape index (κ2) is 17.9. The molecule has 14 nitrogen and oxygen atoms in total. The SMILES string of the molecule is O=C1CCN(c2ccc(CN3CCC(N4CCN(c5ccc(C(=O)Nc6n[nH]c7ccc(Cc8cc(F)cc(F)c8)cc67)c(NC6CCOCC6)c5)CC4)CC3)nc2)C(=O)N1. The van der Waals surface area contributed by atoms with Crippen LogP contribution in [0.1, 0.15) is 59.3 Å². The zero-order chi connectivity index (χ0) is 41.9. The van der Waals surface area contributed by atoms with Gasteiger partial charge in [-0.1, -0.05) is 6.07 Å². The number of halogens is 2. The number of rotatable bonds is 11. The van der Waals surface area contributed by atoms with E-state index >= 15 is 0 Å². The first-order valence-corrected chi connectivity index (χ1v) is 21.2. The highest BCUT2D eigenvalue weighted by Gasteiger charge is 2.29. The average molecular weight is 833 g/mol. The van der Waals surface area contributed by atoms with E-state index in [-0.39, 0.29) is 24.3 Å². The van der Waals surface area contributed by atoms with Gasteiger partial charge in [-0.3, -0.25) is 39.7 Å². The third-order valence-corrected chi connectivity index (χ3v) is 12.3. The van der Waals surface area contributed by atoms with Crippen LogP contribution in [0, 0.1) is 11.6 Å². The number of imide groups is 1. The van der Waals surface area contributed by atoms with Crippen molar-refractivity contribution in [1.82, 2.24) is 30.3 Å². The molecule has 4 aliphatic rings. The van der Waals surface area contributed by atoms with Crippen LogP contribution < -0.4 is 25.8 Å². The molecule has 5 aromatic rings. The summed E-state index contributed by atoms with van der Waals surface area (Å²) in [5.41, 5.74) is 6.07. The van der Waals surface area contributed by atoms with Crippen LogP contribution in [0.3, 0.4) is 0 Å². The number of benzene rings is 3. The zero-order valence-corrected chi connectivity index (χ0v) is 34.0.